The second-order valence-electron chi connectivity index (χ2n) is 7.76. The third kappa shape index (κ3) is 4.27. The third-order valence-electron chi connectivity index (χ3n) is 4.66. The summed E-state index contributed by atoms with van der Waals surface area (Å²) in [5, 5.41) is 0.734. The number of rotatable bonds is 2. The number of amides is 2. The van der Waals surface area contributed by atoms with Crippen LogP contribution in [0.25, 0.3) is 0 Å². The first-order valence-corrected chi connectivity index (χ1v) is 9.15. The molecule has 1 aliphatic carbocycles. The lowest BCUT2D eigenvalue weighted by atomic mass is 10.1. The molecule has 2 amide bonds. The Kier molecular flexibility index (Phi) is 4.96. The highest BCUT2D eigenvalue weighted by molar-refractivity contribution is 6.31. The Morgan fingerprint density at radius 1 is 1.08 bits per heavy atom. The summed E-state index contributed by atoms with van der Waals surface area (Å²) >= 11 is 6.24. The van der Waals surface area contributed by atoms with Crippen molar-refractivity contribution in [2.24, 2.45) is 5.92 Å². The molecule has 0 N–H and O–H groups in total. The minimum absolute atomic E-state index is 0.0213. The van der Waals surface area contributed by atoms with Crippen LogP contribution in [0, 0.1) is 5.92 Å². The summed E-state index contributed by atoms with van der Waals surface area (Å²) < 4.78 is 5.39. The first-order chi connectivity index (χ1) is 11.8. The largest absolute Gasteiger partial charge is 0.444 e. The molecular formula is C19H25ClN2O3. The van der Waals surface area contributed by atoms with Gasteiger partial charge in [-0.2, -0.15) is 0 Å². The topological polar surface area (TPSA) is 49.9 Å². The van der Waals surface area contributed by atoms with E-state index in [9.17, 15) is 9.59 Å². The summed E-state index contributed by atoms with van der Waals surface area (Å²) in [6.45, 7) is 7.72. The molecule has 0 bridgehead atoms. The fraction of sp³-hybridized carbons (Fsp3) is 0.579. The minimum Gasteiger partial charge on any atom is -0.444 e. The molecule has 6 heteroatoms. The summed E-state index contributed by atoms with van der Waals surface area (Å²) in [6.07, 6.45) is 0.550. The number of carbonyl (C=O) groups excluding carboxylic acids is 2. The summed E-state index contributed by atoms with van der Waals surface area (Å²) in [5.41, 5.74) is 0.565. The van der Waals surface area contributed by atoms with Crippen LogP contribution in [-0.2, 0) is 9.53 Å². The number of hydrogen-bond donors (Lipinski definition) is 0. The van der Waals surface area contributed by atoms with Crippen LogP contribution in [0.1, 0.15) is 38.7 Å². The standard InChI is InChI=1S/C19H25ClN2O3/c1-19(2,3)25-18(24)22-10-8-21(9-11-22)17(23)15-12-14(15)13-6-4-5-7-16(13)20/h4-7,14-15H,8-12H2,1-3H3. The lowest BCUT2D eigenvalue weighted by Gasteiger charge is -2.35. The fourth-order valence-electron chi connectivity index (χ4n) is 3.26. The molecule has 1 aromatic carbocycles. The average Bonchev–Trinajstić information content (AvgIpc) is 3.33. The van der Waals surface area contributed by atoms with E-state index in [4.69, 9.17) is 16.3 Å². The second-order valence-corrected chi connectivity index (χ2v) is 8.17. The molecule has 1 saturated carbocycles. The highest BCUT2D eigenvalue weighted by Gasteiger charge is 2.47. The molecule has 1 heterocycles. The van der Waals surface area contributed by atoms with Gasteiger partial charge in [0.1, 0.15) is 5.60 Å². The molecular weight excluding hydrogens is 340 g/mol. The maximum atomic E-state index is 12.7. The lowest BCUT2D eigenvalue weighted by molar-refractivity contribution is -0.134. The molecule has 136 valence electrons. The first kappa shape index (κ1) is 18.1. The Morgan fingerprint density at radius 3 is 2.28 bits per heavy atom. The summed E-state index contributed by atoms with van der Waals surface area (Å²) in [7, 11) is 0. The summed E-state index contributed by atoms with van der Waals surface area (Å²) in [4.78, 5) is 28.3. The summed E-state index contributed by atoms with van der Waals surface area (Å²) in [6, 6.07) is 7.73. The fourth-order valence-corrected chi connectivity index (χ4v) is 3.53. The number of hydrogen-bond acceptors (Lipinski definition) is 3. The number of piperazine rings is 1. The average molecular weight is 365 g/mol. The van der Waals surface area contributed by atoms with Gasteiger partial charge in [-0.05, 0) is 44.7 Å². The van der Waals surface area contributed by atoms with Crippen molar-refractivity contribution in [3.05, 3.63) is 34.9 Å². The number of benzene rings is 1. The Labute approximate surface area is 153 Å². The summed E-state index contributed by atoms with van der Waals surface area (Å²) in [5.74, 6) is 0.423. The van der Waals surface area contributed by atoms with E-state index < -0.39 is 5.60 Å². The number of ether oxygens (including phenoxy) is 1. The van der Waals surface area contributed by atoms with Gasteiger partial charge in [0.15, 0.2) is 0 Å². The molecule has 0 aromatic heterocycles. The monoisotopic (exact) mass is 364 g/mol. The van der Waals surface area contributed by atoms with Crippen LogP contribution in [0.4, 0.5) is 4.79 Å². The quantitative estimate of drug-likeness (QED) is 0.806. The minimum atomic E-state index is -0.500. The molecule has 0 spiro atoms. The van der Waals surface area contributed by atoms with E-state index in [1.807, 2.05) is 49.9 Å². The van der Waals surface area contributed by atoms with Crippen LogP contribution in [0.15, 0.2) is 24.3 Å². The van der Waals surface area contributed by atoms with Crippen LogP contribution in [0.3, 0.4) is 0 Å². The first-order valence-electron chi connectivity index (χ1n) is 8.77. The Bertz CT molecular complexity index is 663. The van der Waals surface area contributed by atoms with E-state index in [1.54, 1.807) is 4.90 Å². The van der Waals surface area contributed by atoms with Crippen molar-refractivity contribution in [1.82, 2.24) is 9.80 Å². The van der Waals surface area contributed by atoms with Gasteiger partial charge in [0.05, 0.1) is 0 Å². The van der Waals surface area contributed by atoms with E-state index in [0.29, 0.717) is 26.2 Å². The van der Waals surface area contributed by atoms with Crippen LogP contribution in [0.2, 0.25) is 5.02 Å². The molecule has 1 saturated heterocycles. The van der Waals surface area contributed by atoms with Gasteiger partial charge in [-0.15, -0.1) is 0 Å². The normalized spacial score (nSPS) is 23.4. The van der Waals surface area contributed by atoms with Crippen LogP contribution >= 0.6 is 11.6 Å². The molecule has 2 unspecified atom stereocenters. The van der Waals surface area contributed by atoms with Gasteiger partial charge in [0, 0.05) is 37.1 Å². The van der Waals surface area contributed by atoms with Gasteiger partial charge >= 0.3 is 6.09 Å². The maximum Gasteiger partial charge on any atom is 0.410 e. The molecule has 1 aliphatic heterocycles. The van der Waals surface area contributed by atoms with Crippen molar-refractivity contribution < 1.29 is 14.3 Å². The molecule has 1 aromatic rings. The van der Waals surface area contributed by atoms with Crippen LogP contribution < -0.4 is 0 Å². The number of nitrogens with zero attached hydrogens (tertiary/aromatic N) is 2. The van der Waals surface area contributed by atoms with Gasteiger partial charge < -0.3 is 14.5 Å². The molecule has 3 rings (SSSR count). The predicted molar refractivity (Wildman–Crippen MR) is 96.7 cm³/mol. The van der Waals surface area contributed by atoms with Crippen LogP contribution in [0.5, 0.6) is 0 Å². The Morgan fingerprint density at radius 2 is 1.68 bits per heavy atom. The zero-order chi connectivity index (χ0) is 18.2. The van der Waals surface area contributed by atoms with Gasteiger partial charge in [-0.25, -0.2) is 4.79 Å². The maximum absolute atomic E-state index is 12.7. The SMILES string of the molecule is CC(C)(C)OC(=O)N1CCN(C(=O)C2CC2c2ccccc2Cl)CC1. The molecule has 2 fully saturated rings. The Balaban J connectivity index is 1.52. The lowest BCUT2D eigenvalue weighted by Crippen LogP contribution is -2.52. The van der Waals surface area contributed by atoms with Crippen molar-refractivity contribution in [1.29, 1.82) is 0 Å². The molecule has 2 atom stereocenters. The number of halogens is 1. The van der Waals surface area contributed by atoms with E-state index in [-0.39, 0.29) is 23.8 Å². The molecule has 25 heavy (non-hydrogen) atoms. The van der Waals surface area contributed by atoms with Gasteiger partial charge in [-0.1, -0.05) is 29.8 Å². The second kappa shape index (κ2) is 6.87. The molecule has 5 nitrogen and oxygen atoms in total. The Hall–Kier alpha value is -1.75. The van der Waals surface area contributed by atoms with Crippen molar-refractivity contribution >= 4 is 23.6 Å². The predicted octanol–water partition coefficient (Wildman–Crippen LogP) is 3.52. The van der Waals surface area contributed by atoms with E-state index in [0.717, 1.165) is 17.0 Å². The van der Waals surface area contributed by atoms with Gasteiger partial charge in [0.2, 0.25) is 5.91 Å². The third-order valence-corrected chi connectivity index (χ3v) is 5.00. The zero-order valence-corrected chi connectivity index (χ0v) is 15.8. The molecule has 2 aliphatic rings. The highest BCUT2D eigenvalue weighted by atomic mass is 35.5. The van der Waals surface area contributed by atoms with Gasteiger partial charge in [-0.3, -0.25) is 4.79 Å². The van der Waals surface area contributed by atoms with Gasteiger partial charge in [0.25, 0.3) is 0 Å². The number of carbonyl (C=O) groups is 2. The van der Waals surface area contributed by atoms with Crippen molar-refractivity contribution in [3.63, 3.8) is 0 Å². The smallest absolute Gasteiger partial charge is 0.410 e. The van der Waals surface area contributed by atoms with E-state index in [2.05, 4.69) is 0 Å². The van der Waals surface area contributed by atoms with Crippen molar-refractivity contribution in [3.8, 4) is 0 Å². The van der Waals surface area contributed by atoms with E-state index >= 15 is 0 Å². The molecule has 0 radical (unpaired) electrons. The van der Waals surface area contributed by atoms with Crippen molar-refractivity contribution in [2.75, 3.05) is 26.2 Å². The highest BCUT2D eigenvalue weighted by Crippen LogP contribution is 2.50. The van der Waals surface area contributed by atoms with Crippen molar-refractivity contribution in [2.45, 2.75) is 38.7 Å². The van der Waals surface area contributed by atoms with Crippen LogP contribution in [-0.4, -0.2) is 53.6 Å². The van der Waals surface area contributed by atoms with E-state index in [1.165, 1.54) is 0 Å². The zero-order valence-electron chi connectivity index (χ0n) is 15.0.